The van der Waals surface area contributed by atoms with Crippen molar-refractivity contribution in [2.75, 3.05) is 32.8 Å². The van der Waals surface area contributed by atoms with Gasteiger partial charge in [-0.2, -0.15) is 0 Å². The quantitative estimate of drug-likeness (QED) is 0.786. The minimum absolute atomic E-state index is 0.0405. The van der Waals surface area contributed by atoms with Crippen LogP contribution in [0, 0.1) is 12.8 Å². The van der Waals surface area contributed by atoms with E-state index in [0.717, 1.165) is 25.1 Å². The van der Waals surface area contributed by atoms with Crippen LogP contribution in [0.1, 0.15) is 18.4 Å². The number of aliphatic hydroxyl groups is 1. The number of urea groups is 1. The van der Waals surface area contributed by atoms with Crippen LogP contribution in [-0.2, 0) is 0 Å². The van der Waals surface area contributed by atoms with Crippen LogP contribution >= 0.6 is 0 Å². The smallest absolute Gasteiger partial charge is 0.317 e. The second kappa shape index (κ2) is 7.88. The number of carbonyl (C=O) groups is 1. The van der Waals surface area contributed by atoms with Crippen molar-refractivity contribution in [3.63, 3.8) is 0 Å². The lowest BCUT2D eigenvalue weighted by Crippen LogP contribution is -2.39. The largest absolute Gasteiger partial charge is 0.494 e. The van der Waals surface area contributed by atoms with Crippen molar-refractivity contribution in [3.8, 4) is 5.75 Å². The molecule has 5 nitrogen and oxygen atoms in total. The summed E-state index contributed by atoms with van der Waals surface area (Å²) in [6.07, 6.45) is 1.66. The Morgan fingerprint density at radius 1 is 1.43 bits per heavy atom. The van der Waals surface area contributed by atoms with Crippen molar-refractivity contribution in [1.29, 1.82) is 0 Å². The zero-order chi connectivity index (χ0) is 15.1. The fourth-order valence-corrected chi connectivity index (χ4v) is 2.37. The number of nitrogens with one attached hydrogen (secondary N) is 1. The number of carbonyl (C=O) groups excluding carboxylic acids is 1. The summed E-state index contributed by atoms with van der Waals surface area (Å²) < 4.78 is 5.60. The van der Waals surface area contributed by atoms with E-state index in [1.54, 1.807) is 4.90 Å². The van der Waals surface area contributed by atoms with Gasteiger partial charge in [-0.3, -0.25) is 0 Å². The summed E-state index contributed by atoms with van der Waals surface area (Å²) in [4.78, 5) is 13.6. The molecule has 1 saturated heterocycles. The van der Waals surface area contributed by atoms with Gasteiger partial charge in [0.2, 0.25) is 0 Å². The van der Waals surface area contributed by atoms with Crippen LogP contribution < -0.4 is 10.1 Å². The average Bonchev–Trinajstić information content (AvgIpc) is 2.98. The zero-order valence-electron chi connectivity index (χ0n) is 12.5. The number of likely N-dealkylation sites (tertiary alicyclic amines) is 1. The number of aliphatic hydroxyl groups excluding tert-OH is 1. The summed E-state index contributed by atoms with van der Waals surface area (Å²) in [5, 5.41) is 12.0. The number of rotatable bonds is 6. The first-order valence-corrected chi connectivity index (χ1v) is 7.52. The van der Waals surface area contributed by atoms with Crippen LogP contribution in [0.25, 0.3) is 0 Å². The summed E-state index contributed by atoms with van der Waals surface area (Å²) >= 11 is 0. The highest BCUT2D eigenvalue weighted by Gasteiger charge is 2.25. The third kappa shape index (κ3) is 4.93. The molecule has 0 bridgehead atoms. The molecule has 1 unspecified atom stereocenters. The Bertz CT molecular complexity index is 447. The highest BCUT2D eigenvalue weighted by atomic mass is 16.5. The maximum atomic E-state index is 11.9. The van der Waals surface area contributed by atoms with E-state index >= 15 is 0 Å². The second-order valence-corrected chi connectivity index (χ2v) is 5.53. The van der Waals surface area contributed by atoms with Crippen molar-refractivity contribution >= 4 is 6.03 Å². The Hall–Kier alpha value is -1.75. The molecule has 1 aromatic carbocycles. The molecule has 1 aliphatic rings. The highest BCUT2D eigenvalue weighted by molar-refractivity contribution is 5.74. The monoisotopic (exact) mass is 292 g/mol. The first kappa shape index (κ1) is 15.6. The van der Waals surface area contributed by atoms with Crippen LogP contribution in [0.2, 0.25) is 0 Å². The van der Waals surface area contributed by atoms with Crippen molar-refractivity contribution in [3.05, 3.63) is 29.8 Å². The standard InChI is InChI=1S/C16H24N2O3/c1-13-3-5-15(6-4-13)21-10-2-8-17-16(20)18-9-7-14(11-18)12-19/h3-6,14,19H,2,7-12H2,1H3,(H,17,20). The molecule has 2 amide bonds. The lowest BCUT2D eigenvalue weighted by atomic mass is 10.1. The molecule has 0 radical (unpaired) electrons. The summed E-state index contributed by atoms with van der Waals surface area (Å²) in [7, 11) is 0. The second-order valence-electron chi connectivity index (χ2n) is 5.53. The summed E-state index contributed by atoms with van der Waals surface area (Å²) in [5.74, 6) is 1.10. The minimum atomic E-state index is -0.0405. The zero-order valence-corrected chi connectivity index (χ0v) is 12.5. The fourth-order valence-electron chi connectivity index (χ4n) is 2.37. The van der Waals surface area contributed by atoms with Crippen LogP contribution in [0.15, 0.2) is 24.3 Å². The minimum Gasteiger partial charge on any atom is -0.494 e. The van der Waals surface area contributed by atoms with E-state index in [1.807, 2.05) is 31.2 Å². The molecular weight excluding hydrogens is 268 g/mol. The topological polar surface area (TPSA) is 61.8 Å². The molecule has 0 saturated carbocycles. The summed E-state index contributed by atoms with van der Waals surface area (Å²) in [6, 6.07) is 7.89. The number of ether oxygens (including phenoxy) is 1. The number of aryl methyl sites for hydroxylation is 1. The lowest BCUT2D eigenvalue weighted by molar-refractivity contribution is 0.197. The average molecular weight is 292 g/mol. The third-order valence-corrected chi connectivity index (χ3v) is 3.72. The molecule has 21 heavy (non-hydrogen) atoms. The van der Waals surface area contributed by atoms with Gasteiger partial charge in [0.05, 0.1) is 6.61 Å². The van der Waals surface area contributed by atoms with Crippen LogP contribution in [0.3, 0.4) is 0 Å². The van der Waals surface area contributed by atoms with E-state index < -0.39 is 0 Å². The number of amides is 2. The number of nitrogens with zero attached hydrogens (tertiary/aromatic N) is 1. The molecule has 0 aliphatic carbocycles. The maximum Gasteiger partial charge on any atom is 0.317 e. The summed E-state index contributed by atoms with van der Waals surface area (Å²) in [5.41, 5.74) is 1.21. The Labute approximate surface area is 125 Å². The molecule has 2 N–H and O–H groups in total. The molecule has 5 heteroatoms. The SMILES string of the molecule is Cc1ccc(OCCCNC(=O)N2CCC(CO)C2)cc1. The Kier molecular flexibility index (Phi) is 5.87. The normalized spacial score (nSPS) is 17.8. The molecule has 1 aromatic rings. The first-order chi connectivity index (χ1) is 10.2. The van der Waals surface area contributed by atoms with Crippen molar-refractivity contribution < 1.29 is 14.6 Å². The van der Waals surface area contributed by atoms with Gasteiger partial charge >= 0.3 is 6.03 Å². The number of hydrogen-bond acceptors (Lipinski definition) is 3. The van der Waals surface area contributed by atoms with E-state index in [2.05, 4.69) is 5.32 Å². The third-order valence-electron chi connectivity index (χ3n) is 3.72. The van der Waals surface area contributed by atoms with E-state index in [4.69, 9.17) is 9.84 Å². The maximum absolute atomic E-state index is 11.9. The molecule has 2 rings (SSSR count). The first-order valence-electron chi connectivity index (χ1n) is 7.52. The van der Waals surface area contributed by atoms with Gasteiger partial charge in [-0.15, -0.1) is 0 Å². The predicted octanol–water partition coefficient (Wildman–Crippen LogP) is 1.79. The van der Waals surface area contributed by atoms with Gasteiger partial charge < -0.3 is 20.1 Å². The van der Waals surface area contributed by atoms with Crippen molar-refractivity contribution in [1.82, 2.24) is 10.2 Å². The molecule has 1 heterocycles. The van der Waals surface area contributed by atoms with Crippen molar-refractivity contribution in [2.24, 2.45) is 5.92 Å². The van der Waals surface area contributed by atoms with E-state index in [9.17, 15) is 4.79 Å². The van der Waals surface area contributed by atoms with E-state index in [1.165, 1.54) is 5.56 Å². The lowest BCUT2D eigenvalue weighted by Gasteiger charge is -2.17. The number of hydrogen-bond donors (Lipinski definition) is 2. The molecule has 1 fully saturated rings. The van der Waals surface area contributed by atoms with Gasteiger partial charge in [-0.1, -0.05) is 17.7 Å². The molecule has 116 valence electrons. The van der Waals surface area contributed by atoms with E-state index in [-0.39, 0.29) is 18.6 Å². The Morgan fingerprint density at radius 3 is 2.86 bits per heavy atom. The van der Waals surface area contributed by atoms with E-state index in [0.29, 0.717) is 19.7 Å². The van der Waals surface area contributed by atoms with Crippen LogP contribution in [-0.4, -0.2) is 48.9 Å². The molecule has 1 atom stereocenters. The predicted molar refractivity (Wildman–Crippen MR) is 81.5 cm³/mol. The Balaban J connectivity index is 1.57. The number of benzene rings is 1. The van der Waals surface area contributed by atoms with Gasteiger partial charge in [0, 0.05) is 32.2 Å². The molecule has 0 aromatic heterocycles. The van der Waals surface area contributed by atoms with Gasteiger partial charge in [0.25, 0.3) is 0 Å². The molecule has 1 aliphatic heterocycles. The fraction of sp³-hybridized carbons (Fsp3) is 0.562. The summed E-state index contributed by atoms with van der Waals surface area (Å²) in [6.45, 7) is 4.78. The van der Waals surface area contributed by atoms with Gasteiger partial charge in [0.15, 0.2) is 0 Å². The van der Waals surface area contributed by atoms with Crippen LogP contribution in [0.4, 0.5) is 4.79 Å². The van der Waals surface area contributed by atoms with Crippen molar-refractivity contribution in [2.45, 2.75) is 19.8 Å². The Morgan fingerprint density at radius 2 is 2.19 bits per heavy atom. The molecule has 0 spiro atoms. The van der Waals surface area contributed by atoms with Crippen LogP contribution in [0.5, 0.6) is 5.75 Å². The van der Waals surface area contributed by atoms with Gasteiger partial charge in [0.1, 0.15) is 5.75 Å². The molecular formula is C16H24N2O3. The van der Waals surface area contributed by atoms with Gasteiger partial charge in [-0.05, 0) is 31.9 Å². The van der Waals surface area contributed by atoms with Gasteiger partial charge in [-0.25, -0.2) is 4.79 Å². The highest BCUT2D eigenvalue weighted by Crippen LogP contribution is 2.15.